The molecule has 4 N–H and O–H groups in total. The predicted molar refractivity (Wildman–Crippen MR) is 91.2 cm³/mol. The number of pyridine rings is 1. The van der Waals surface area contributed by atoms with Crippen LogP contribution < -0.4 is 16.0 Å². The van der Waals surface area contributed by atoms with E-state index in [1.54, 1.807) is 25.4 Å². The molecule has 0 saturated heterocycles. The number of anilines is 3. The smallest absolute Gasteiger partial charge is 0.253 e. The molecule has 124 valence electrons. The quantitative estimate of drug-likeness (QED) is 0.691. The monoisotopic (exact) mass is 328 g/mol. The summed E-state index contributed by atoms with van der Waals surface area (Å²) in [6, 6.07) is 4.40. The molecule has 0 atom stereocenters. The number of rotatable bonds is 4. The predicted octanol–water partition coefficient (Wildman–Crippen LogP) is 2.20. The van der Waals surface area contributed by atoms with Crippen molar-refractivity contribution in [1.29, 1.82) is 0 Å². The number of aromatic nitrogens is 1. The zero-order valence-electron chi connectivity index (χ0n) is 13.1. The van der Waals surface area contributed by atoms with Crippen LogP contribution in [-0.4, -0.2) is 29.6 Å². The highest BCUT2D eigenvalue weighted by molar-refractivity contribution is 6.09. The summed E-state index contributed by atoms with van der Waals surface area (Å²) in [4.78, 5) is 16.4. The van der Waals surface area contributed by atoms with Gasteiger partial charge in [0.25, 0.3) is 5.91 Å². The van der Waals surface area contributed by atoms with Crippen molar-refractivity contribution in [2.24, 2.45) is 0 Å². The van der Waals surface area contributed by atoms with Gasteiger partial charge in [-0.3, -0.25) is 9.78 Å². The fourth-order valence-corrected chi connectivity index (χ4v) is 2.58. The number of benzene rings is 1. The number of hydrogen-bond donors (Lipinski definition) is 4. The molecule has 0 radical (unpaired) electrons. The molecule has 0 aliphatic carbocycles. The first-order valence-electron chi connectivity index (χ1n) is 7.43. The molecule has 0 saturated carbocycles. The average Bonchev–Trinajstić information content (AvgIpc) is 2.60. The Balaban J connectivity index is 1.88. The Labute approximate surface area is 138 Å². The molecule has 1 amide bonds. The maximum Gasteiger partial charge on any atom is 0.253 e. The minimum atomic E-state index is -0.382. The Hall–Kier alpha value is -2.93. The third kappa shape index (κ3) is 3.07. The molecular weight excluding hydrogens is 311 g/mol. The third-order valence-electron chi connectivity index (χ3n) is 3.81. The van der Waals surface area contributed by atoms with E-state index in [1.807, 2.05) is 0 Å². The molecule has 2 aromatic rings. The topological polar surface area (TPSA) is 86.3 Å². The molecule has 24 heavy (non-hydrogen) atoms. The number of aliphatic hydroxyl groups excluding tert-OH is 1. The largest absolute Gasteiger partial charge is 0.392 e. The highest BCUT2D eigenvalue weighted by Crippen LogP contribution is 2.32. The van der Waals surface area contributed by atoms with E-state index in [2.05, 4.69) is 20.9 Å². The van der Waals surface area contributed by atoms with E-state index in [0.717, 1.165) is 5.69 Å². The van der Waals surface area contributed by atoms with E-state index in [1.165, 1.54) is 18.3 Å². The summed E-state index contributed by atoms with van der Waals surface area (Å²) in [5.41, 5.74) is 3.48. The lowest BCUT2D eigenvalue weighted by Gasteiger charge is -2.21. The molecule has 6 nitrogen and oxygen atoms in total. The molecular formula is C17H17FN4O2. The van der Waals surface area contributed by atoms with Crippen LogP contribution >= 0.6 is 0 Å². The van der Waals surface area contributed by atoms with Crippen molar-refractivity contribution >= 4 is 29.0 Å². The molecule has 0 fully saturated rings. The van der Waals surface area contributed by atoms with Gasteiger partial charge in [0.1, 0.15) is 5.82 Å². The second-order valence-corrected chi connectivity index (χ2v) is 5.34. The van der Waals surface area contributed by atoms with Crippen molar-refractivity contribution in [3.63, 3.8) is 0 Å². The summed E-state index contributed by atoms with van der Waals surface area (Å²) in [5, 5.41) is 18.1. The molecule has 0 spiro atoms. The van der Waals surface area contributed by atoms with Crippen LogP contribution in [0.25, 0.3) is 6.08 Å². The first-order valence-corrected chi connectivity index (χ1v) is 7.43. The van der Waals surface area contributed by atoms with E-state index >= 15 is 0 Å². The maximum absolute atomic E-state index is 13.7. The van der Waals surface area contributed by atoms with Gasteiger partial charge in [-0.05, 0) is 24.3 Å². The van der Waals surface area contributed by atoms with Gasteiger partial charge in [0.15, 0.2) is 0 Å². The van der Waals surface area contributed by atoms with Crippen LogP contribution in [0.3, 0.4) is 0 Å². The van der Waals surface area contributed by atoms with E-state index in [0.29, 0.717) is 34.6 Å². The molecule has 2 heterocycles. The van der Waals surface area contributed by atoms with Crippen molar-refractivity contribution in [1.82, 2.24) is 4.98 Å². The van der Waals surface area contributed by atoms with E-state index in [-0.39, 0.29) is 18.3 Å². The van der Waals surface area contributed by atoms with Crippen LogP contribution in [-0.2, 0) is 11.4 Å². The molecule has 0 unspecified atom stereocenters. The Kier molecular flexibility index (Phi) is 4.43. The van der Waals surface area contributed by atoms with Gasteiger partial charge in [0.05, 0.1) is 29.9 Å². The van der Waals surface area contributed by atoms with E-state index in [9.17, 15) is 14.3 Å². The summed E-state index contributed by atoms with van der Waals surface area (Å²) in [6.45, 7) is 0.114. The van der Waals surface area contributed by atoms with Crippen molar-refractivity contribution in [2.75, 3.05) is 29.5 Å². The molecule has 7 heteroatoms. The van der Waals surface area contributed by atoms with Gasteiger partial charge in [-0.25, -0.2) is 4.39 Å². The Bertz CT molecular complexity index is 820. The number of fused-ring (bicyclic) bond motifs is 1. The van der Waals surface area contributed by atoms with Gasteiger partial charge in [0, 0.05) is 36.5 Å². The summed E-state index contributed by atoms with van der Waals surface area (Å²) >= 11 is 0. The number of carbonyl (C=O) groups excluding carboxylic acids is 1. The fourth-order valence-electron chi connectivity index (χ4n) is 2.58. The number of hydrogen-bond acceptors (Lipinski definition) is 5. The highest BCUT2D eigenvalue weighted by Gasteiger charge is 2.19. The number of amides is 1. The summed E-state index contributed by atoms with van der Waals surface area (Å²) in [6.07, 6.45) is 4.67. The van der Waals surface area contributed by atoms with Crippen LogP contribution in [0.2, 0.25) is 0 Å². The first-order chi connectivity index (χ1) is 11.6. The third-order valence-corrected chi connectivity index (χ3v) is 3.81. The molecule has 1 aliphatic rings. The minimum absolute atomic E-state index is 0.199. The van der Waals surface area contributed by atoms with Gasteiger partial charge in [-0.1, -0.05) is 0 Å². The van der Waals surface area contributed by atoms with Crippen LogP contribution in [0.1, 0.15) is 11.1 Å². The first kappa shape index (κ1) is 15.9. The normalized spacial score (nSPS) is 12.7. The molecule has 0 bridgehead atoms. The Morgan fingerprint density at radius 1 is 1.42 bits per heavy atom. The van der Waals surface area contributed by atoms with Crippen molar-refractivity contribution < 1.29 is 14.3 Å². The van der Waals surface area contributed by atoms with Gasteiger partial charge < -0.3 is 21.1 Å². The van der Waals surface area contributed by atoms with Crippen LogP contribution in [0.5, 0.6) is 0 Å². The summed E-state index contributed by atoms with van der Waals surface area (Å²) < 4.78 is 13.7. The lowest BCUT2D eigenvalue weighted by Crippen LogP contribution is -2.23. The van der Waals surface area contributed by atoms with Gasteiger partial charge in [-0.2, -0.15) is 0 Å². The van der Waals surface area contributed by atoms with Crippen LogP contribution in [0.15, 0.2) is 36.2 Å². The Morgan fingerprint density at radius 3 is 3.00 bits per heavy atom. The fraction of sp³-hybridized carbons (Fsp3) is 0.176. The van der Waals surface area contributed by atoms with Gasteiger partial charge >= 0.3 is 0 Å². The molecule has 1 aliphatic heterocycles. The standard InChI is InChI=1S/C17H17FN4O2/c1-19-14-6-13(18)5-11-4-12(7-21-16(11)14)17(24)22-15-8-20-3-2-10(15)9-23/h2-6,8,19,21,23H,7,9H2,1H3,(H,22,24). The van der Waals surface area contributed by atoms with Crippen molar-refractivity contribution in [3.8, 4) is 0 Å². The molecule has 3 rings (SSSR count). The van der Waals surface area contributed by atoms with Crippen LogP contribution in [0.4, 0.5) is 21.5 Å². The van der Waals surface area contributed by atoms with Crippen LogP contribution in [0, 0.1) is 5.82 Å². The van der Waals surface area contributed by atoms with E-state index < -0.39 is 0 Å². The minimum Gasteiger partial charge on any atom is -0.392 e. The molecule has 1 aromatic heterocycles. The average molecular weight is 328 g/mol. The molecule has 1 aromatic carbocycles. The second-order valence-electron chi connectivity index (χ2n) is 5.34. The second kappa shape index (κ2) is 6.67. The maximum atomic E-state index is 13.7. The number of aliphatic hydroxyl groups is 1. The number of halogens is 1. The lowest BCUT2D eigenvalue weighted by molar-refractivity contribution is -0.112. The Morgan fingerprint density at radius 2 is 2.25 bits per heavy atom. The SMILES string of the molecule is CNc1cc(F)cc2c1NCC(C(=O)Nc1cnccc1CO)=C2. The number of carbonyl (C=O) groups is 1. The van der Waals surface area contributed by atoms with Gasteiger partial charge in [0.2, 0.25) is 0 Å². The zero-order valence-corrected chi connectivity index (χ0v) is 13.1. The van der Waals surface area contributed by atoms with Crippen molar-refractivity contribution in [3.05, 3.63) is 53.1 Å². The van der Waals surface area contributed by atoms with Gasteiger partial charge in [-0.15, -0.1) is 0 Å². The highest BCUT2D eigenvalue weighted by atomic mass is 19.1. The number of nitrogens with one attached hydrogen (secondary N) is 3. The zero-order chi connectivity index (χ0) is 17.1. The summed E-state index contributed by atoms with van der Waals surface area (Å²) in [5.74, 6) is -0.709. The van der Waals surface area contributed by atoms with E-state index in [4.69, 9.17) is 0 Å². The lowest BCUT2D eigenvalue weighted by atomic mass is 10.0. The number of nitrogens with zero attached hydrogens (tertiary/aromatic N) is 1. The van der Waals surface area contributed by atoms with Crippen molar-refractivity contribution in [2.45, 2.75) is 6.61 Å². The summed E-state index contributed by atoms with van der Waals surface area (Å²) in [7, 11) is 1.71.